The van der Waals surface area contributed by atoms with Gasteiger partial charge in [-0.25, -0.2) is 0 Å². The summed E-state index contributed by atoms with van der Waals surface area (Å²) in [6.07, 6.45) is 9.81. The maximum Gasteiger partial charge on any atom is -0.0124 e. The zero-order chi connectivity index (χ0) is 11.2. The molecule has 0 aromatic rings. The van der Waals surface area contributed by atoms with E-state index in [4.69, 9.17) is 0 Å². The van der Waals surface area contributed by atoms with Gasteiger partial charge < -0.3 is 0 Å². The van der Waals surface area contributed by atoms with Crippen LogP contribution in [0.4, 0.5) is 0 Å². The first-order valence-corrected chi connectivity index (χ1v) is 6.05. The zero-order valence-corrected chi connectivity index (χ0v) is 11.0. The molecule has 0 spiro atoms. The van der Waals surface area contributed by atoms with Crippen LogP contribution in [-0.2, 0) is 0 Å². The Morgan fingerprint density at radius 3 is 2.00 bits per heavy atom. The van der Waals surface area contributed by atoms with Crippen molar-refractivity contribution in [3.63, 3.8) is 0 Å². The SMILES string of the molecule is CCC=CC(C)(C)C(C)(C)CCCC. The molecular formula is C14H28. The van der Waals surface area contributed by atoms with Crippen molar-refractivity contribution in [2.75, 3.05) is 0 Å². The van der Waals surface area contributed by atoms with Crippen molar-refractivity contribution in [1.29, 1.82) is 0 Å². The molecule has 0 N–H and O–H groups in total. The van der Waals surface area contributed by atoms with Gasteiger partial charge in [0.05, 0.1) is 0 Å². The first-order chi connectivity index (χ1) is 6.37. The summed E-state index contributed by atoms with van der Waals surface area (Å²) in [5, 5.41) is 0. The summed E-state index contributed by atoms with van der Waals surface area (Å²) in [7, 11) is 0. The Labute approximate surface area is 90.8 Å². The van der Waals surface area contributed by atoms with Gasteiger partial charge in [0.2, 0.25) is 0 Å². The van der Waals surface area contributed by atoms with Crippen LogP contribution in [0.2, 0.25) is 0 Å². The lowest BCUT2D eigenvalue weighted by molar-refractivity contribution is 0.147. The van der Waals surface area contributed by atoms with E-state index in [1.807, 2.05) is 0 Å². The maximum atomic E-state index is 2.39. The van der Waals surface area contributed by atoms with Crippen molar-refractivity contribution in [3.05, 3.63) is 12.2 Å². The lowest BCUT2D eigenvalue weighted by Gasteiger charge is -2.40. The van der Waals surface area contributed by atoms with Gasteiger partial charge >= 0.3 is 0 Å². The van der Waals surface area contributed by atoms with Gasteiger partial charge in [0, 0.05) is 0 Å². The van der Waals surface area contributed by atoms with E-state index in [9.17, 15) is 0 Å². The maximum absolute atomic E-state index is 2.39. The molecule has 84 valence electrons. The van der Waals surface area contributed by atoms with Crippen LogP contribution < -0.4 is 0 Å². The largest absolute Gasteiger partial charge is 0.0883 e. The molecule has 0 unspecified atom stereocenters. The van der Waals surface area contributed by atoms with Crippen molar-refractivity contribution in [2.45, 2.75) is 67.2 Å². The molecule has 0 atom stereocenters. The summed E-state index contributed by atoms with van der Waals surface area (Å²) in [5.41, 5.74) is 0.729. The van der Waals surface area contributed by atoms with Crippen LogP contribution in [0.1, 0.15) is 67.2 Å². The first kappa shape index (κ1) is 13.7. The molecule has 0 amide bonds. The third-order valence-corrected chi connectivity index (χ3v) is 3.67. The smallest absolute Gasteiger partial charge is 0.0124 e. The highest BCUT2D eigenvalue weighted by atomic mass is 14.4. The fraction of sp³-hybridized carbons (Fsp3) is 0.857. The normalized spacial score (nSPS) is 13.9. The van der Waals surface area contributed by atoms with E-state index in [-0.39, 0.29) is 0 Å². The average molecular weight is 196 g/mol. The lowest BCUT2D eigenvalue weighted by Crippen LogP contribution is -2.30. The molecule has 0 aliphatic heterocycles. The Kier molecular flexibility index (Phi) is 5.48. The van der Waals surface area contributed by atoms with Crippen LogP contribution >= 0.6 is 0 Å². The van der Waals surface area contributed by atoms with Crippen LogP contribution in [0, 0.1) is 10.8 Å². The molecule has 0 radical (unpaired) electrons. The van der Waals surface area contributed by atoms with Crippen molar-refractivity contribution in [1.82, 2.24) is 0 Å². The molecule has 0 aromatic heterocycles. The van der Waals surface area contributed by atoms with Gasteiger partial charge in [-0.2, -0.15) is 0 Å². The molecule has 0 saturated heterocycles. The zero-order valence-electron chi connectivity index (χ0n) is 11.0. The lowest BCUT2D eigenvalue weighted by atomic mass is 9.65. The molecule has 14 heavy (non-hydrogen) atoms. The van der Waals surface area contributed by atoms with Gasteiger partial charge in [0.25, 0.3) is 0 Å². The molecule has 0 rings (SSSR count). The standard InChI is InChI=1S/C14H28/c1-7-9-11-13(3,4)14(5,6)12-10-8-2/h9,11H,7-8,10,12H2,1-6H3. The molecule has 0 nitrogen and oxygen atoms in total. The van der Waals surface area contributed by atoms with Crippen LogP contribution in [0.3, 0.4) is 0 Å². The third-order valence-electron chi connectivity index (χ3n) is 3.67. The minimum Gasteiger partial charge on any atom is -0.0883 e. The summed E-state index contributed by atoms with van der Waals surface area (Å²) in [6, 6.07) is 0. The number of hydrogen-bond acceptors (Lipinski definition) is 0. The molecule has 0 heterocycles. The quantitative estimate of drug-likeness (QED) is 0.512. The summed E-state index contributed by atoms with van der Waals surface area (Å²) in [5.74, 6) is 0. The highest BCUT2D eigenvalue weighted by molar-refractivity contribution is 5.01. The van der Waals surface area contributed by atoms with Gasteiger partial charge in [-0.15, -0.1) is 0 Å². The van der Waals surface area contributed by atoms with Gasteiger partial charge in [0.15, 0.2) is 0 Å². The highest BCUT2D eigenvalue weighted by Crippen LogP contribution is 2.43. The van der Waals surface area contributed by atoms with Crippen molar-refractivity contribution >= 4 is 0 Å². The number of allylic oxidation sites excluding steroid dienone is 2. The van der Waals surface area contributed by atoms with Gasteiger partial charge in [-0.3, -0.25) is 0 Å². The predicted octanol–water partition coefficient (Wildman–Crippen LogP) is 5.20. The van der Waals surface area contributed by atoms with Crippen LogP contribution in [0.5, 0.6) is 0 Å². The summed E-state index contributed by atoms with van der Waals surface area (Å²) in [6.45, 7) is 14.0. The van der Waals surface area contributed by atoms with Gasteiger partial charge in [-0.1, -0.05) is 66.5 Å². The van der Waals surface area contributed by atoms with E-state index in [0.29, 0.717) is 10.8 Å². The minimum absolute atomic E-state index is 0.318. The van der Waals surface area contributed by atoms with Gasteiger partial charge in [0.1, 0.15) is 0 Å². The second-order valence-electron chi connectivity index (χ2n) is 5.52. The minimum atomic E-state index is 0.318. The van der Waals surface area contributed by atoms with E-state index >= 15 is 0 Å². The fourth-order valence-corrected chi connectivity index (χ4v) is 1.58. The van der Waals surface area contributed by atoms with Crippen LogP contribution in [0.15, 0.2) is 12.2 Å². The molecule has 0 aliphatic rings. The predicted molar refractivity (Wildman–Crippen MR) is 66.5 cm³/mol. The monoisotopic (exact) mass is 196 g/mol. The topological polar surface area (TPSA) is 0 Å². The van der Waals surface area contributed by atoms with E-state index in [1.54, 1.807) is 0 Å². The molecule has 0 aromatic carbocycles. The van der Waals surface area contributed by atoms with E-state index in [0.717, 1.165) is 6.42 Å². The van der Waals surface area contributed by atoms with E-state index in [2.05, 4.69) is 53.7 Å². The molecule has 0 fully saturated rings. The molecular weight excluding hydrogens is 168 g/mol. The second-order valence-corrected chi connectivity index (χ2v) is 5.52. The fourth-order valence-electron chi connectivity index (χ4n) is 1.58. The summed E-state index contributed by atoms with van der Waals surface area (Å²) >= 11 is 0. The average Bonchev–Trinajstić information content (AvgIpc) is 2.11. The Hall–Kier alpha value is -0.260. The van der Waals surface area contributed by atoms with Gasteiger partial charge in [-0.05, 0) is 23.7 Å². The Morgan fingerprint density at radius 1 is 1.00 bits per heavy atom. The Morgan fingerprint density at radius 2 is 1.57 bits per heavy atom. The highest BCUT2D eigenvalue weighted by Gasteiger charge is 2.33. The number of rotatable bonds is 6. The van der Waals surface area contributed by atoms with E-state index in [1.165, 1.54) is 19.3 Å². The summed E-state index contributed by atoms with van der Waals surface area (Å²) < 4.78 is 0. The summed E-state index contributed by atoms with van der Waals surface area (Å²) in [4.78, 5) is 0. The molecule has 0 bridgehead atoms. The Bertz CT molecular complexity index is 172. The van der Waals surface area contributed by atoms with E-state index < -0.39 is 0 Å². The number of unbranched alkanes of at least 4 members (excludes halogenated alkanes) is 1. The van der Waals surface area contributed by atoms with Crippen molar-refractivity contribution < 1.29 is 0 Å². The van der Waals surface area contributed by atoms with Crippen LogP contribution in [-0.4, -0.2) is 0 Å². The van der Waals surface area contributed by atoms with Crippen molar-refractivity contribution in [3.8, 4) is 0 Å². The third kappa shape index (κ3) is 3.86. The van der Waals surface area contributed by atoms with Crippen LogP contribution in [0.25, 0.3) is 0 Å². The molecule has 0 aliphatic carbocycles. The Balaban J connectivity index is 4.43. The van der Waals surface area contributed by atoms with Crippen molar-refractivity contribution in [2.24, 2.45) is 10.8 Å². The number of hydrogen-bond donors (Lipinski definition) is 0. The molecule has 0 saturated carbocycles. The second kappa shape index (κ2) is 5.58. The first-order valence-electron chi connectivity index (χ1n) is 6.05. The molecule has 0 heteroatoms.